The Morgan fingerprint density at radius 2 is 1.34 bits per heavy atom. The summed E-state index contributed by atoms with van der Waals surface area (Å²) in [6, 6.07) is 28.4. The Balaban J connectivity index is 1.54. The fourth-order valence-electron chi connectivity index (χ4n) is 4.31. The third-order valence-electron chi connectivity index (χ3n) is 6.19. The first-order chi connectivity index (χ1) is 15.6. The van der Waals surface area contributed by atoms with Gasteiger partial charge in [-0.1, -0.05) is 84.8 Å². The zero-order chi connectivity index (χ0) is 22.3. The summed E-state index contributed by atoms with van der Waals surface area (Å²) in [6.45, 7) is 3.06. The summed E-state index contributed by atoms with van der Waals surface area (Å²) in [5.41, 5.74) is 0.797. The summed E-state index contributed by atoms with van der Waals surface area (Å²) in [5.74, 6) is 6.41. The van der Waals surface area contributed by atoms with Gasteiger partial charge in [0.05, 0.1) is 13.1 Å². The summed E-state index contributed by atoms with van der Waals surface area (Å²) in [7, 11) is 0. The maximum absolute atomic E-state index is 12.5. The van der Waals surface area contributed by atoms with Crippen molar-refractivity contribution in [3.05, 3.63) is 108 Å². The summed E-state index contributed by atoms with van der Waals surface area (Å²) < 4.78 is 0.714. The molecule has 0 bridgehead atoms. The van der Waals surface area contributed by atoms with Gasteiger partial charge in [0.1, 0.15) is 6.54 Å². The van der Waals surface area contributed by atoms with Crippen LogP contribution in [-0.2, 0) is 5.60 Å². The van der Waals surface area contributed by atoms with Crippen molar-refractivity contribution in [1.29, 1.82) is 0 Å². The van der Waals surface area contributed by atoms with Crippen molar-refractivity contribution in [1.82, 2.24) is 5.32 Å². The normalized spacial score (nSPS) is 14.9. The summed E-state index contributed by atoms with van der Waals surface area (Å²) >= 11 is 0. The Hall–Kier alpha value is -3.39. The molecule has 4 nitrogen and oxygen atoms in total. The van der Waals surface area contributed by atoms with Crippen LogP contribution in [0.4, 0.5) is 0 Å². The molecule has 32 heavy (non-hydrogen) atoms. The predicted octanol–water partition coefficient (Wildman–Crippen LogP) is 3.92. The predicted molar refractivity (Wildman–Crippen MR) is 127 cm³/mol. The van der Waals surface area contributed by atoms with Gasteiger partial charge in [0.15, 0.2) is 12.3 Å². The van der Waals surface area contributed by atoms with Gasteiger partial charge in [-0.15, -0.1) is 0 Å². The van der Waals surface area contributed by atoms with Gasteiger partial charge in [-0.25, -0.2) is 0 Å². The van der Waals surface area contributed by atoms with Gasteiger partial charge >= 0.3 is 0 Å². The first-order valence-corrected chi connectivity index (χ1v) is 11.1. The van der Waals surface area contributed by atoms with Crippen molar-refractivity contribution < 1.29 is 14.4 Å². The summed E-state index contributed by atoms with van der Waals surface area (Å²) in [5, 5.41) is 14.7. The molecule has 2 N–H and O–H groups in total. The number of likely N-dealkylation sites (tertiary alicyclic amines) is 1. The summed E-state index contributed by atoms with van der Waals surface area (Å²) in [4.78, 5) is 12.5. The zero-order valence-electron chi connectivity index (χ0n) is 18.2. The molecule has 1 heterocycles. The van der Waals surface area contributed by atoms with E-state index in [1.807, 2.05) is 91.0 Å². The maximum Gasteiger partial charge on any atom is 0.255 e. The van der Waals surface area contributed by atoms with Crippen molar-refractivity contribution in [2.45, 2.75) is 18.4 Å². The number of amides is 1. The van der Waals surface area contributed by atoms with E-state index in [1.54, 1.807) is 0 Å². The van der Waals surface area contributed by atoms with Crippen LogP contribution in [0.1, 0.15) is 34.3 Å². The number of carbonyl (C=O) groups excluding carboxylic acids is 1. The maximum atomic E-state index is 12.5. The number of hydrogen-bond acceptors (Lipinski definition) is 2. The van der Waals surface area contributed by atoms with Crippen molar-refractivity contribution in [3.63, 3.8) is 0 Å². The standard InChI is InChI=1S/C28H28N2O2/c31-27(24-13-4-1-5-14-24)29-23-30(20-10-11-21-30)22-12-19-28(32,25-15-6-2-7-16-25)26-17-8-3-9-18-26/h1-9,13-18,32H,10-11,20-23H2/p+1. The molecule has 1 aliphatic heterocycles. The fraction of sp³-hybridized carbons (Fsp3) is 0.250. The molecular formula is C28H29N2O2+. The second kappa shape index (κ2) is 9.82. The van der Waals surface area contributed by atoms with Crippen molar-refractivity contribution in [2.24, 2.45) is 0 Å². The minimum absolute atomic E-state index is 0.0620. The lowest BCUT2D eigenvalue weighted by atomic mass is 9.87. The van der Waals surface area contributed by atoms with Gasteiger partial charge in [0, 0.05) is 29.5 Å². The van der Waals surface area contributed by atoms with Crippen LogP contribution >= 0.6 is 0 Å². The Morgan fingerprint density at radius 1 is 0.844 bits per heavy atom. The topological polar surface area (TPSA) is 49.3 Å². The van der Waals surface area contributed by atoms with E-state index in [0.29, 0.717) is 23.3 Å². The molecule has 0 atom stereocenters. The molecule has 0 unspecified atom stereocenters. The Bertz CT molecular complexity index is 1040. The molecule has 0 radical (unpaired) electrons. The van der Waals surface area contributed by atoms with Crippen molar-refractivity contribution >= 4 is 5.91 Å². The number of aliphatic hydroxyl groups is 1. The molecule has 0 aliphatic carbocycles. The molecule has 162 valence electrons. The average molecular weight is 426 g/mol. The molecule has 3 aromatic carbocycles. The van der Waals surface area contributed by atoms with Crippen molar-refractivity contribution in [2.75, 3.05) is 26.3 Å². The van der Waals surface area contributed by atoms with Crippen molar-refractivity contribution in [3.8, 4) is 11.8 Å². The Labute approximate surface area is 190 Å². The first kappa shape index (κ1) is 21.8. The molecule has 1 aliphatic rings. The van der Waals surface area contributed by atoms with Crippen LogP contribution in [0.15, 0.2) is 91.0 Å². The highest BCUT2D eigenvalue weighted by molar-refractivity contribution is 5.93. The smallest absolute Gasteiger partial charge is 0.255 e. The van der Waals surface area contributed by atoms with Gasteiger partial charge in [0.2, 0.25) is 0 Å². The van der Waals surface area contributed by atoms with Crippen LogP contribution in [0.3, 0.4) is 0 Å². The van der Waals surface area contributed by atoms with E-state index >= 15 is 0 Å². The van der Waals surface area contributed by atoms with E-state index in [2.05, 4.69) is 17.2 Å². The van der Waals surface area contributed by atoms with E-state index in [9.17, 15) is 9.90 Å². The third-order valence-corrected chi connectivity index (χ3v) is 6.19. The molecule has 0 spiro atoms. The third kappa shape index (κ3) is 4.91. The lowest BCUT2D eigenvalue weighted by molar-refractivity contribution is -0.911. The monoisotopic (exact) mass is 425 g/mol. The second-order valence-electron chi connectivity index (χ2n) is 8.43. The van der Waals surface area contributed by atoms with Gasteiger partial charge in [-0.05, 0) is 18.1 Å². The Kier molecular flexibility index (Phi) is 6.70. The number of carbonyl (C=O) groups is 1. The van der Waals surface area contributed by atoms with Crippen LogP contribution in [0.5, 0.6) is 0 Å². The molecule has 4 heteroatoms. The number of quaternary nitrogens is 1. The molecule has 4 rings (SSSR count). The minimum atomic E-state index is -1.38. The quantitative estimate of drug-likeness (QED) is 0.465. The number of hydrogen-bond donors (Lipinski definition) is 2. The number of benzene rings is 3. The van der Waals surface area contributed by atoms with Crippen LogP contribution in [-0.4, -0.2) is 41.8 Å². The number of nitrogens with zero attached hydrogens (tertiary/aromatic N) is 1. The molecule has 0 aromatic heterocycles. The van der Waals surface area contributed by atoms with E-state index in [1.165, 1.54) is 0 Å². The molecular weight excluding hydrogens is 396 g/mol. The molecule has 0 saturated carbocycles. The highest BCUT2D eigenvalue weighted by Crippen LogP contribution is 2.29. The van der Waals surface area contributed by atoms with Crippen LogP contribution in [0.2, 0.25) is 0 Å². The molecule has 1 fully saturated rings. The minimum Gasteiger partial charge on any atom is -0.369 e. The van der Waals surface area contributed by atoms with E-state index < -0.39 is 5.60 Å². The molecule has 1 amide bonds. The zero-order valence-corrected chi connectivity index (χ0v) is 18.2. The average Bonchev–Trinajstić information content (AvgIpc) is 3.33. The summed E-state index contributed by atoms with van der Waals surface area (Å²) in [6.07, 6.45) is 2.23. The van der Waals surface area contributed by atoms with Gasteiger partial charge < -0.3 is 10.4 Å². The fourth-order valence-corrected chi connectivity index (χ4v) is 4.31. The van der Waals surface area contributed by atoms with E-state index in [-0.39, 0.29) is 5.91 Å². The number of nitrogens with one attached hydrogen (secondary N) is 1. The van der Waals surface area contributed by atoms with Gasteiger partial charge in [-0.3, -0.25) is 9.28 Å². The largest absolute Gasteiger partial charge is 0.369 e. The van der Waals surface area contributed by atoms with Crippen LogP contribution in [0.25, 0.3) is 0 Å². The van der Waals surface area contributed by atoms with Crippen LogP contribution in [0, 0.1) is 11.8 Å². The Morgan fingerprint density at radius 3 is 1.88 bits per heavy atom. The molecule has 3 aromatic rings. The van der Waals surface area contributed by atoms with E-state index in [0.717, 1.165) is 37.1 Å². The lowest BCUT2D eigenvalue weighted by Crippen LogP contribution is -2.52. The lowest BCUT2D eigenvalue weighted by Gasteiger charge is -2.32. The number of rotatable bonds is 6. The SMILES string of the molecule is O=C(NC[N+]1(CC#CC(O)(c2ccccc2)c2ccccc2)CCCC1)c1ccccc1. The first-order valence-electron chi connectivity index (χ1n) is 11.1. The highest BCUT2D eigenvalue weighted by Gasteiger charge is 2.33. The molecule has 1 saturated heterocycles. The second-order valence-corrected chi connectivity index (χ2v) is 8.43. The highest BCUT2D eigenvalue weighted by atomic mass is 16.3. The van der Waals surface area contributed by atoms with E-state index in [4.69, 9.17) is 0 Å². The van der Waals surface area contributed by atoms with Gasteiger partial charge in [0.25, 0.3) is 5.91 Å². The van der Waals surface area contributed by atoms with Gasteiger partial charge in [-0.2, -0.15) is 0 Å². The van der Waals surface area contributed by atoms with Crippen LogP contribution < -0.4 is 5.32 Å².